The van der Waals surface area contributed by atoms with Gasteiger partial charge in [-0.1, -0.05) is 19.3 Å². The average Bonchev–Trinajstić information content (AvgIpc) is 2.67. The van der Waals surface area contributed by atoms with Crippen molar-refractivity contribution >= 4 is 17.7 Å². The number of rotatable bonds is 8. The average molecular weight is 410 g/mol. The predicted molar refractivity (Wildman–Crippen MR) is 103 cm³/mol. The maximum Gasteiger partial charge on any atom is 0.323 e. The number of benzene rings is 1. The second-order valence-corrected chi connectivity index (χ2v) is 7.62. The quantitative estimate of drug-likeness (QED) is 0.641. The summed E-state index contributed by atoms with van der Waals surface area (Å²) in [4.78, 5) is 37.3. The van der Waals surface area contributed by atoms with Crippen molar-refractivity contribution in [3.63, 3.8) is 0 Å². The molecule has 0 spiro atoms. The largest absolute Gasteiger partial charge is 0.468 e. The number of ether oxygens (including phenoxy) is 1. The van der Waals surface area contributed by atoms with Crippen molar-refractivity contribution in [1.82, 2.24) is 5.32 Å². The summed E-state index contributed by atoms with van der Waals surface area (Å²) >= 11 is 0. The number of hydrogen-bond acceptors (Lipinski definition) is 5. The molecule has 0 heterocycles. The SMILES string of the molecule is COC(=O)C(N)C(C(=O)[C@H](C)NC(=O)Cc1cc(F)cc(F)c1)C1CCCCC1. The Labute approximate surface area is 169 Å². The Bertz CT molecular complexity index is 730. The lowest BCUT2D eigenvalue weighted by molar-refractivity contribution is -0.147. The number of Topliss-reactive ketones (excluding diaryl/α,β-unsaturated/α-hetero) is 1. The Balaban J connectivity index is 2.08. The van der Waals surface area contributed by atoms with E-state index in [1.807, 2.05) is 0 Å². The Kier molecular flexibility index (Phi) is 8.25. The lowest BCUT2D eigenvalue weighted by atomic mass is 9.73. The van der Waals surface area contributed by atoms with Crippen LogP contribution in [0.1, 0.15) is 44.6 Å². The first-order valence-corrected chi connectivity index (χ1v) is 9.84. The molecule has 160 valence electrons. The van der Waals surface area contributed by atoms with Gasteiger partial charge >= 0.3 is 5.97 Å². The number of esters is 1. The molecule has 1 fully saturated rings. The molecule has 29 heavy (non-hydrogen) atoms. The van der Waals surface area contributed by atoms with Crippen molar-refractivity contribution < 1.29 is 27.9 Å². The Morgan fingerprint density at radius 2 is 1.72 bits per heavy atom. The van der Waals surface area contributed by atoms with Gasteiger partial charge in [-0.3, -0.25) is 14.4 Å². The van der Waals surface area contributed by atoms with E-state index >= 15 is 0 Å². The minimum Gasteiger partial charge on any atom is -0.468 e. The fourth-order valence-corrected chi connectivity index (χ4v) is 4.03. The maximum absolute atomic E-state index is 13.3. The molecule has 8 heteroatoms. The van der Waals surface area contributed by atoms with Crippen LogP contribution in [0.15, 0.2) is 18.2 Å². The van der Waals surface area contributed by atoms with Crippen LogP contribution in [-0.2, 0) is 25.5 Å². The van der Waals surface area contributed by atoms with E-state index in [1.54, 1.807) is 0 Å². The molecule has 0 saturated heterocycles. The first-order chi connectivity index (χ1) is 13.7. The van der Waals surface area contributed by atoms with Crippen LogP contribution in [-0.4, -0.2) is 36.9 Å². The number of halogens is 2. The lowest BCUT2D eigenvalue weighted by Gasteiger charge is -2.33. The fraction of sp³-hybridized carbons (Fsp3) is 0.571. The highest BCUT2D eigenvalue weighted by atomic mass is 19.1. The van der Waals surface area contributed by atoms with E-state index in [4.69, 9.17) is 10.5 Å². The lowest BCUT2D eigenvalue weighted by Crippen LogP contribution is -2.52. The number of nitrogens with one attached hydrogen (secondary N) is 1. The monoisotopic (exact) mass is 410 g/mol. The van der Waals surface area contributed by atoms with Crippen LogP contribution >= 0.6 is 0 Å². The van der Waals surface area contributed by atoms with Crippen LogP contribution in [0.3, 0.4) is 0 Å². The fourth-order valence-electron chi connectivity index (χ4n) is 4.03. The third-order valence-electron chi connectivity index (χ3n) is 5.44. The van der Waals surface area contributed by atoms with Crippen molar-refractivity contribution in [1.29, 1.82) is 0 Å². The summed E-state index contributed by atoms with van der Waals surface area (Å²) in [6.07, 6.45) is 4.27. The number of amides is 1. The summed E-state index contributed by atoms with van der Waals surface area (Å²) in [6, 6.07) is 0.840. The number of hydrogen-bond donors (Lipinski definition) is 2. The van der Waals surface area contributed by atoms with Crippen molar-refractivity contribution in [2.45, 2.75) is 57.5 Å². The van der Waals surface area contributed by atoms with Crippen LogP contribution < -0.4 is 11.1 Å². The Morgan fingerprint density at radius 3 is 2.28 bits per heavy atom. The van der Waals surface area contributed by atoms with Crippen LogP contribution in [0, 0.1) is 23.5 Å². The molecule has 0 bridgehead atoms. The van der Waals surface area contributed by atoms with Crippen LogP contribution in [0.2, 0.25) is 0 Å². The first-order valence-electron chi connectivity index (χ1n) is 9.84. The predicted octanol–water partition coefficient (Wildman–Crippen LogP) is 2.28. The topological polar surface area (TPSA) is 98.5 Å². The highest BCUT2D eigenvalue weighted by molar-refractivity contribution is 5.94. The summed E-state index contributed by atoms with van der Waals surface area (Å²) in [6.45, 7) is 1.52. The van der Waals surface area contributed by atoms with Gasteiger partial charge in [0.25, 0.3) is 0 Å². The van der Waals surface area contributed by atoms with Gasteiger partial charge in [0.05, 0.1) is 19.6 Å². The molecule has 2 rings (SSSR count). The second-order valence-electron chi connectivity index (χ2n) is 7.62. The van der Waals surface area contributed by atoms with Crippen LogP contribution in [0.5, 0.6) is 0 Å². The molecule has 0 aliphatic heterocycles. The molecule has 0 aromatic heterocycles. The van der Waals surface area contributed by atoms with Crippen LogP contribution in [0.4, 0.5) is 8.78 Å². The Hall–Kier alpha value is -2.35. The molecule has 1 amide bonds. The summed E-state index contributed by atoms with van der Waals surface area (Å²) in [7, 11) is 1.22. The van der Waals surface area contributed by atoms with Gasteiger partial charge < -0.3 is 15.8 Å². The summed E-state index contributed by atoms with van der Waals surface area (Å²) in [5.74, 6) is -3.93. The number of methoxy groups -OCH3 is 1. The third kappa shape index (κ3) is 6.32. The van der Waals surface area contributed by atoms with Gasteiger partial charge in [0.2, 0.25) is 5.91 Å². The van der Waals surface area contributed by atoms with Gasteiger partial charge in [0.15, 0.2) is 5.78 Å². The Morgan fingerprint density at radius 1 is 1.14 bits per heavy atom. The number of ketones is 1. The molecule has 3 atom stereocenters. The van der Waals surface area contributed by atoms with Gasteiger partial charge in [-0.2, -0.15) is 0 Å². The summed E-state index contributed by atoms with van der Waals surface area (Å²) in [5.41, 5.74) is 6.20. The zero-order valence-electron chi connectivity index (χ0n) is 16.8. The van der Waals surface area contributed by atoms with E-state index < -0.39 is 41.5 Å². The summed E-state index contributed by atoms with van der Waals surface area (Å²) < 4.78 is 31.3. The molecule has 6 nitrogen and oxygen atoms in total. The van der Waals surface area contributed by atoms with E-state index in [1.165, 1.54) is 14.0 Å². The van der Waals surface area contributed by atoms with Crippen LogP contribution in [0.25, 0.3) is 0 Å². The molecular formula is C21H28F2N2O4. The minimum atomic E-state index is -1.10. The van der Waals surface area contributed by atoms with E-state index in [9.17, 15) is 23.2 Å². The van der Waals surface area contributed by atoms with Gasteiger partial charge in [-0.15, -0.1) is 0 Å². The highest BCUT2D eigenvalue weighted by Crippen LogP contribution is 2.33. The first kappa shape index (κ1) is 22.9. The molecule has 3 N–H and O–H groups in total. The number of nitrogens with two attached hydrogens (primary N) is 1. The minimum absolute atomic E-state index is 0.0537. The normalized spacial score (nSPS) is 17.8. The number of carbonyl (C=O) groups is 3. The molecule has 2 unspecified atom stereocenters. The van der Waals surface area contributed by atoms with Gasteiger partial charge in [-0.25, -0.2) is 8.78 Å². The smallest absolute Gasteiger partial charge is 0.323 e. The van der Waals surface area contributed by atoms with E-state index in [-0.39, 0.29) is 23.7 Å². The standard InChI is InChI=1S/C21H28F2N2O4/c1-12(25-17(26)10-13-8-15(22)11-16(23)9-13)20(27)18(19(24)21(28)29-2)14-6-4-3-5-7-14/h8-9,11-12,14,18-19H,3-7,10,24H2,1-2H3,(H,25,26)/t12-,18?,19?/m0/s1. The highest BCUT2D eigenvalue weighted by Gasteiger charge is 2.40. The van der Waals surface area contributed by atoms with Gasteiger partial charge in [-0.05, 0) is 43.4 Å². The zero-order chi connectivity index (χ0) is 21.6. The van der Waals surface area contributed by atoms with E-state index in [0.29, 0.717) is 0 Å². The van der Waals surface area contributed by atoms with Crippen molar-refractivity contribution in [2.75, 3.05) is 7.11 Å². The molecule has 1 aliphatic rings. The molecule has 1 aromatic carbocycles. The molecule has 1 aliphatic carbocycles. The molecular weight excluding hydrogens is 382 g/mol. The van der Waals surface area contributed by atoms with Gasteiger partial charge in [0, 0.05) is 12.0 Å². The third-order valence-corrected chi connectivity index (χ3v) is 5.44. The second kappa shape index (κ2) is 10.4. The maximum atomic E-state index is 13.3. The molecule has 1 aromatic rings. The molecule has 0 radical (unpaired) electrons. The summed E-state index contributed by atoms with van der Waals surface area (Å²) in [5, 5.41) is 2.56. The van der Waals surface area contributed by atoms with Crippen molar-refractivity contribution in [3.8, 4) is 0 Å². The zero-order valence-corrected chi connectivity index (χ0v) is 16.8. The van der Waals surface area contributed by atoms with Crippen molar-refractivity contribution in [2.24, 2.45) is 17.6 Å². The van der Waals surface area contributed by atoms with Gasteiger partial charge in [0.1, 0.15) is 17.7 Å². The van der Waals surface area contributed by atoms with Crippen molar-refractivity contribution in [3.05, 3.63) is 35.4 Å². The van der Waals surface area contributed by atoms with E-state index in [0.717, 1.165) is 50.3 Å². The number of carbonyl (C=O) groups excluding carboxylic acids is 3. The molecule has 1 saturated carbocycles. The van der Waals surface area contributed by atoms with E-state index in [2.05, 4.69) is 5.32 Å².